The standard InChI is InChI=1S/C16H17N5O/c1-3-20-10-8-15(19-20)16(22)18-13-4-6-14(7-5-13)21-11-9-17-12(21)2/h4-11H,3H2,1-2H3,(H,18,22). The quantitative estimate of drug-likeness (QED) is 0.804. The summed E-state index contributed by atoms with van der Waals surface area (Å²) >= 11 is 0. The van der Waals surface area contributed by atoms with Crippen molar-refractivity contribution in [1.29, 1.82) is 0 Å². The van der Waals surface area contributed by atoms with Gasteiger partial charge in [-0.25, -0.2) is 4.98 Å². The van der Waals surface area contributed by atoms with Crippen LogP contribution in [0.3, 0.4) is 0 Å². The first-order chi connectivity index (χ1) is 10.7. The Labute approximate surface area is 128 Å². The van der Waals surface area contributed by atoms with Gasteiger partial charge in [0.2, 0.25) is 0 Å². The van der Waals surface area contributed by atoms with Crippen LogP contribution in [-0.2, 0) is 6.54 Å². The second kappa shape index (κ2) is 5.85. The molecule has 0 aliphatic carbocycles. The largest absolute Gasteiger partial charge is 0.321 e. The third-order valence-corrected chi connectivity index (χ3v) is 3.43. The maximum absolute atomic E-state index is 12.1. The molecule has 0 saturated carbocycles. The highest BCUT2D eigenvalue weighted by atomic mass is 16.1. The molecular weight excluding hydrogens is 278 g/mol. The first-order valence-corrected chi connectivity index (χ1v) is 7.12. The van der Waals surface area contributed by atoms with Gasteiger partial charge in [-0.1, -0.05) is 0 Å². The number of aryl methyl sites for hydroxylation is 2. The molecular formula is C16H17N5O. The van der Waals surface area contributed by atoms with Crippen LogP contribution >= 0.6 is 0 Å². The molecule has 0 unspecified atom stereocenters. The number of hydrogen-bond donors (Lipinski definition) is 1. The van der Waals surface area contributed by atoms with Gasteiger partial charge >= 0.3 is 0 Å². The molecule has 0 bridgehead atoms. The van der Waals surface area contributed by atoms with Crippen molar-refractivity contribution in [3.05, 3.63) is 60.4 Å². The number of amides is 1. The molecule has 112 valence electrons. The second-order valence-electron chi connectivity index (χ2n) is 4.90. The van der Waals surface area contributed by atoms with Gasteiger partial charge in [-0.2, -0.15) is 5.10 Å². The van der Waals surface area contributed by atoms with E-state index in [9.17, 15) is 4.79 Å². The van der Waals surface area contributed by atoms with Crippen LogP contribution in [0.4, 0.5) is 5.69 Å². The first-order valence-electron chi connectivity index (χ1n) is 7.12. The molecule has 6 nitrogen and oxygen atoms in total. The zero-order valence-corrected chi connectivity index (χ0v) is 12.5. The molecule has 0 radical (unpaired) electrons. The fraction of sp³-hybridized carbons (Fsp3) is 0.188. The van der Waals surface area contributed by atoms with Crippen LogP contribution in [0.1, 0.15) is 23.2 Å². The van der Waals surface area contributed by atoms with E-state index in [0.29, 0.717) is 5.69 Å². The van der Waals surface area contributed by atoms with Crippen LogP contribution < -0.4 is 5.32 Å². The van der Waals surface area contributed by atoms with E-state index in [4.69, 9.17) is 0 Å². The normalized spacial score (nSPS) is 10.6. The molecule has 0 aliphatic rings. The number of hydrogen-bond acceptors (Lipinski definition) is 3. The van der Waals surface area contributed by atoms with Crippen LogP contribution in [-0.4, -0.2) is 25.2 Å². The summed E-state index contributed by atoms with van der Waals surface area (Å²) in [4.78, 5) is 16.3. The number of imidazole rings is 1. The molecule has 0 atom stereocenters. The Morgan fingerprint density at radius 3 is 2.55 bits per heavy atom. The zero-order valence-electron chi connectivity index (χ0n) is 12.5. The van der Waals surface area contributed by atoms with Gasteiger partial charge in [0.25, 0.3) is 5.91 Å². The van der Waals surface area contributed by atoms with Gasteiger partial charge in [-0.05, 0) is 44.2 Å². The van der Waals surface area contributed by atoms with Crippen LogP contribution in [0.2, 0.25) is 0 Å². The smallest absolute Gasteiger partial charge is 0.276 e. The maximum Gasteiger partial charge on any atom is 0.276 e. The van der Waals surface area contributed by atoms with Crippen molar-refractivity contribution in [1.82, 2.24) is 19.3 Å². The average Bonchev–Trinajstić information content (AvgIpc) is 3.17. The van der Waals surface area contributed by atoms with Crippen molar-refractivity contribution in [2.24, 2.45) is 0 Å². The molecule has 6 heteroatoms. The minimum Gasteiger partial charge on any atom is -0.321 e. The predicted octanol–water partition coefficient (Wildman–Crippen LogP) is 2.65. The monoisotopic (exact) mass is 295 g/mol. The molecule has 22 heavy (non-hydrogen) atoms. The Balaban J connectivity index is 1.73. The van der Waals surface area contributed by atoms with Crippen LogP contribution in [0.5, 0.6) is 0 Å². The number of anilines is 1. The van der Waals surface area contributed by atoms with Gasteiger partial charge in [-0.3, -0.25) is 9.48 Å². The number of benzene rings is 1. The Morgan fingerprint density at radius 1 is 1.18 bits per heavy atom. The summed E-state index contributed by atoms with van der Waals surface area (Å²) in [5.41, 5.74) is 2.15. The highest BCUT2D eigenvalue weighted by Gasteiger charge is 2.09. The fourth-order valence-electron chi connectivity index (χ4n) is 2.21. The van der Waals surface area contributed by atoms with Gasteiger partial charge in [0.1, 0.15) is 5.82 Å². The second-order valence-corrected chi connectivity index (χ2v) is 4.90. The van der Waals surface area contributed by atoms with Crippen molar-refractivity contribution in [2.75, 3.05) is 5.32 Å². The van der Waals surface area contributed by atoms with Crippen LogP contribution in [0, 0.1) is 6.92 Å². The Kier molecular flexibility index (Phi) is 3.74. The predicted molar refractivity (Wildman–Crippen MR) is 84.2 cm³/mol. The molecule has 3 aromatic rings. The molecule has 0 aliphatic heterocycles. The number of nitrogens with zero attached hydrogens (tertiary/aromatic N) is 4. The molecule has 0 fully saturated rings. The number of rotatable bonds is 4. The van der Waals surface area contributed by atoms with Crippen molar-refractivity contribution in [2.45, 2.75) is 20.4 Å². The summed E-state index contributed by atoms with van der Waals surface area (Å²) in [5, 5.41) is 7.03. The van der Waals surface area contributed by atoms with Gasteiger partial charge in [0.15, 0.2) is 5.69 Å². The molecule has 2 heterocycles. The molecule has 1 aromatic carbocycles. The third kappa shape index (κ3) is 2.76. The highest BCUT2D eigenvalue weighted by molar-refractivity contribution is 6.02. The van der Waals surface area contributed by atoms with Gasteiger partial charge in [0, 0.05) is 36.5 Å². The van der Waals surface area contributed by atoms with Gasteiger partial charge in [0.05, 0.1) is 0 Å². The van der Waals surface area contributed by atoms with E-state index in [2.05, 4.69) is 15.4 Å². The summed E-state index contributed by atoms with van der Waals surface area (Å²) in [5.74, 6) is 0.709. The van der Waals surface area contributed by atoms with Crippen molar-refractivity contribution in [3.63, 3.8) is 0 Å². The lowest BCUT2D eigenvalue weighted by Gasteiger charge is -2.07. The minimum absolute atomic E-state index is 0.209. The van der Waals surface area contributed by atoms with Gasteiger partial charge < -0.3 is 9.88 Å². The van der Waals surface area contributed by atoms with E-state index in [1.807, 2.05) is 48.9 Å². The number of carbonyl (C=O) groups excluding carboxylic acids is 1. The summed E-state index contributed by atoms with van der Waals surface area (Å²) in [6.45, 7) is 4.66. The molecule has 1 amide bonds. The molecule has 2 aromatic heterocycles. The number of carbonyl (C=O) groups is 1. The number of aromatic nitrogens is 4. The Morgan fingerprint density at radius 2 is 1.95 bits per heavy atom. The van der Waals surface area contributed by atoms with E-state index in [0.717, 1.165) is 23.7 Å². The van der Waals surface area contributed by atoms with E-state index < -0.39 is 0 Å². The Hall–Kier alpha value is -2.89. The summed E-state index contributed by atoms with van der Waals surface area (Å²) in [7, 11) is 0. The molecule has 1 N–H and O–H groups in total. The minimum atomic E-state index is -0.209. The third-order valence-electron chi connectivity index (χ3n) is 3.43. The lowest BCUT2D eigenvalue weighted by molar-refractivity contribution is 0.102. The molecule has 3 rings (SSSR count). The highest BCUT2D eigenvalue weighted by Crippen LogP contribution is 2.15. The van der Waals surface area contributed by atoms with E-state index >= 15 is 0 Å². The molecule has 0 spiro atoms. The maximum atomic E-state index is 12.1. The van der Waals surface area contributed by atoms with Gasteiger partial charge in [-0.15, -0.1) is 0 Å². The topological polar surface area (TPSA) is 64.7 Å². The van der Waals surface area contributed by atoms with Crippen molar-refractivity contribution < 1.29 is 4.79 Å². The summed E-state index contributed by atoms with van der Waals surface area (Å²) < 4.78 is 3.70. The number of nitrogens with one attached hydrogen (secondary N) is 1. The summed E-state index contributed by atoms with van der Waals surface area (Å²) in [6, 6.07) is 9.32. The van der Waals surface area contributed by atoms with E-state index in [-0.39, 0.29) is 5.91 Å². The lowest BCUT2D eigenvalue weighted by Crippen LogP contribution is -2.13. The lowest BCUT2D eigenvalue weighted by atomic mass is 10.2. The molecule has 0 saturated heterocycles. The van der Waals surface area contributed by atoms with Crippen molar-refractivity contribution >= 4 is 11.6 Å². The van der Waals surface area contributed by atoms with Crippen molar-refractivity contribution in [3.8, 4) is 5.69 Å². The Bertz CT molecular complexity index is 785. The zero-order chi connectivity index (χ0) is 15.5. The van der Waals surface area contributed by atoms with Crippen LogP contribution in [0.15, 0.2) is 48.9 Å². The summed E-state index contributed by atoms with van der Waals surface area (Å²) in [6.07, 6.45) is 5.45. The van der Waals surface area contributed by atoms with E-state index in [1.165, 1.54) is 0 Å². The fourth-order valence-corrected chi connectivity index (χ4v) is 2.21. The van der Waals surface area contributed by atoms with E-state index in [1.54, 1.807) is 23.1 Å². The average molecular weight is 295 g/mol. The first kappa shape index (κ1) is 14.1. The SMILES string of the molecule is CCn1ccc(C(=O)Nc2ccc(-n3ccnc3C)cc2)n1. The van der Waals surface area contributed by atoms with Crippen LogP contribution in [0.25, 0.3) is 5.69 Å².